The molecule has 0 saturated carbocycles. The highest BCUT2D eigenvalue weighted by atomic mass is 16.5. The van der Waals surface area contributed by atoms with E-state index < -0.39 is 0 Å². The van der Waals surface area contributed by atoms with Gasteiger partial charge in [-0.2, -0.15) is 0 Å². The van der Waals surface area contributed by atoms with Crippen molar-refractivity contribution >= 4 is 21.8 Å². The monoisotopic (exact) mass is 331 g/mol. The average Bonchev–Trinajstić information content (AvgIpc) is 3.29. The van der Waals surface area contributed by atoms with Gasteiger partial charge in [-0.15, -0.1) is 0 Å². The molecule has 5 rings (SSSR count). The van der Waals surface area contributed by atoms with Crippen LogP contribution in [0.15, 0.2) is 60.9 Å². The molecule has 1 saturated heterocycles. The van der Waals surface area contributed by atoms with Gasteiger partial charge in [0.1, 0.15) is 0 Å². The number of aromatic nitrogens is 2. The molecule has 1 aliphatic rings. The van der Waals surface area contributed by atoms with Crippen molar-refractivity contribution in [2.75, 3.05) is 26.3 Å². The molecule has 4 aromatic rings. The molecule has 0 bridgehead atoms. The van der Waals surface area contributed by atoms with Gasteiger partial charge in [-0.1, -0.05) is 36.4 Å². The van der Waals surface area contributed by atoms with Crippen LogP contribution < -0.4 is 0 Å². The standard InChI is InChI=1S/C21H21N3O/c1-3-7-19-15(5-1)17(13-22-19)21(24-9-11-25-12-10-24)18-14-23-20-8-4-2-6-16(18)20/h1-8,13-14,21-23H,9-12H2. The Morgan fingerprint density at radius 3 is 1.84 bits per heavy atom. The Balaban J connectivity index is 1.71. The molecule has 126 valence electrons. The minimum absolute atomic E-state index is 0.219. The van der Waals surface area contributed by atoms with Gasteiger partial charge in [-0.25, -0.2) is 0 Å². The molecule has 0 spiro atoms. The Morgan fingerprint density at radius 2 is 1.28 bits per heavy atom. The van der Waals surface area contributed by atoms with E-state index in [0.717, 1.165) is 26.3 Å². The predicted molar refractivity (Wildman–Crippen MR) is 101 cm³/mol. The summed E-state index contributed by atoms with van der Waals surface area (Å²) in [5.41, 5.74) is 5.05. The van der Waals surface area contributed by atoms with E-state index in [0.29, 0.717) is 0 Å². The van der Waals surface area contributed by atoms with E-state index in [2.05, 4.69) is 75.8 Å². The summed E-state index contributed by atoms with van der Waals surface area (Å²) >= 11 is 0. The normalized spacial score (nSPS) is 16.2. The number of nitrogens with zero attached hydrogens (tertiary/aromatic N) is 1. The lowest BCUT2D eigenvalue weighted by atomic mass is 9.95. The molecule has 0 aliphatic carbocycles. The molecule has 2 aromatic heterocycles. The fourth-order valence-electron chi connectivity index (χ4n) is 4.04. The van der Waals surface area contributed by atoms with Crippen molar-refractivity contribution in [3.63, 3.8) is 0 Å². The fraction of sp³-hybridized carbons (Fsp3) is 0.238. The van der Waals surface area contributed by atoms with Gasteiger partial charge in [0.05, 0.1) is 19.3 Å². The van der Waals surface area contributed by atoms with Crippen LogP contribution in [-0.4, -0.2) is 41.2 Å². The molecular formula is C21H21N3O. The highest BCUT2D eigenvalue weighted by Gasteiger charge is 2.28. The van der Waals surface area contributed by atoms with E-state index in [9.17, 15) is 0 Å². The van der Waals surface area contributed by atoms with Crippen LogP contribution in [-0.2, 0) is 4.74 Å². The Bertz CT molecular complexity index is 936. The summed E-state index contributed by atoms with van der Waals surface area (Å²) in [5, 5.41) is 2.59. The topological polar surface area (TPSA) is 44.0 Å². The number of morpholine rings is 1. The Morgan fingerprint density at radius 1 is 0.760 bits per heavy atom. The lowest BCUT2D eigenvalue weighted by Gasteiger charge is -2.34. The van der Waals surface area contributed by atoms with Gasteiger partial charge in [0.15, 0.2) is 0 Å². The molecule has 0 atom stereocenters. The molecule has 0 unspecified atom stereocenters. The second-order valence-electron chi connectivity index (χ2n) is 6.63. The van der Waals surface area contributed by atoms with Crippen LogP contribution in [0.4, 0.5) is 0 Å². The van der Waals surface area contributed by atoms with Crippen LogP contribution in [0, 0.1) is 0 Å². The number of rotatable bonds is 3. The van der Waals surface area contributed by atoms with Gasteiger partial charge in [0.2, 0.25) is 0 Å². The average molecular weight is 331 g/mol. The van der Waals surface area contributed by atoms with Crippen LogP contribution in [0.3, 0.4) is 0 Å². The van der Waals surface area contributed by atoms with Gasteiger partial charge in [0.25, 0.3) is 0 Å². The maximum Gasteiger partial charge on any atom is 0.0645 e. The number of para-hydroxylation sites is 2. The number of ether oxygens (including phenoxy) is 1. The summed E-state index contributed by atoms with van der Waals surface area (Å²) in [7, 11) is 0. The van der Waals surface area contributed by atoms with Gasteiger partial charge in [-0.05, 0) is 23.3 Å². The number of H-pyrrole nitrogens is 2. The first-order valence-corrected chi connectivity index (χ1v) is 8.85. The van der Waals surface area contributed by atoms with E-state index in [1.54, 1.807) is 0 Å². The van der Waals surface area contributed by atoms with Crippen molar-refractivity contribution < 1.29 is 4.74 Å². The Labute approximate surface area is 146 Å². The minimum atomic E-state index is 0.219. The summed E-state index contributed by atoms with van der Waals surface area (Å²) in [5.74, 6) is 0. The highest BCUT2D eigenvalue weighted by molar-refractivity contribution is 5.87. The highest BCUT2D eigenvalue weighted by Crippen LogP contribution is 2.37. The van der Waals surface area contributed by atoms with Crippen molar-refractivity contribution in [2.45, 2.75) is 6.04 Å². The lowest BCUT2D eigenvalue weighted by molar-refractivity contribution is 0.0244. The van der Waals surface area contributed by atoms with Crippen molar-refractivity contribution in [3.8, 4) is 0 Å². The fourth-order valence-corrected chi connectivity index (χ4v) is 4.04. The lowest BCUT2D eigenvalue weighted by Crippen LogP contribution is -2.39. The van der Waals surface area contributed by atoms with Crippen LogP contribution in [0.2, 0.25) is 0 Å². The minimum Gasteiger partial charge on any atom is -0.379 e. The molecule has 3 heterocycles. The molecule has 25 heavy (non-hydrogen) atoms. The smallest absolute Gasteiger partial charge is 0.0645 e. The first kappa shape index (κ1) is 14.8. The number of nitrogens with one attached hydrogen (secondary N) is 2. The second kappa shape index (κ2) is 6.06. The zero-order valence-corrected chi connectivity index (χ0v) is 14.0. The summed E-state index contributed by atoms with van der Waals surface area (Å²) in [6.07, 6.45) is 4.35. The first-order chi connectivity index (χ1) is 12.4. The number of fused-ring (bicyclic) bond motifs is 2. The zero-order chi connectivity index (χ0) is 16.6. The van der Waals surface area contributed by atoms with Crippen molar-refractivity contribution in [1.82, 2.24) is 14.9 Å². The van der Waals surface area contributed by atoms with Crippen molar-refractivity contribution in [1.29, 1.82) is 0 Å². The summed E-state index contributed by atoms with van der Waals surface area (Å²) < 4.78 is 5.60. The van der Waals surface area contributed by atoms with Crippen LogP contribution in [0.5, 0.6) is 0 Å². The molecule has 0 amide bonds. The molecular weight excluding hydrogens is 310 g/mol. The Hall–Kier alpha value is -2.56. The van der Waals surface area contributed by atoms with Gasteiger partial charge in [-0.3, -0.25) is 4.90 Å². The second-order valence-corrected chi connectivity index (χ2v) is 6.63. The third kappa shape index (κ3) is 2.46. The molecule has 2 N–H and O–H groups in total. The summed E-state index contributed by atoms with van der Waals surface area (Å²) in [6, 6.07) is 17.3. The van der Waals surface area contributed by atoms with E-state index in [4.69, 9.17) is 4.74 Å². The van der Waals surface area contributed by atoms with E-state index in [-0.39, 0.29) is 6.04 Å². The predicted octanol–water partition coefficient (Wildman–Crippen LogP) is 4.07. The van der Waals surface area contributed by atoms with Crippen molar-refractivity contribution in [3.05, 3.63) is 72.1 Å². The quantitative estimate of drug-likeness (QED) is 0.594. The van der Waals surface area contributed by atoms with Gasteiger partial charge >= 0.3 is 0 Å². The zero-order valence-electron chi connectivity index (χ0n) is 14.0. The third-order valence-corrected chi connectivity index (χ3v) is 5.24. The van der Waals surface area contributed by atoms with E-state index in [1.807, 2.05) is 0 Å². The number of hydrogen-bond acceptors (Lipinski definition) is 2. The van der Waals surface area contributed by atoms with Crippen LogP contribution in [0.25, 0.3) is 21.8 Å². The molecule has 4 nitrogen and oxygen atoms in total. The molecule has 4 heteroatoms. The first-order valence-electron chi connectivity index (χ1n) is 8.85. The summed E-state index contributed by atoms with van der Waals surface area (Å²) in [4.78, 5) is 9.44. The number of benzene rings is 2. The van der Waals surface area contributed by atoms with E-state index >= 15 is 0 Å². The van der Waals surface area contributed by atoms with Gasteiger partial charge in [0, 0.05) is 47.3 Å². The SMILES string of the molecule is c1ccc2c(C(c3c[nH]c4ccccc34)N3CCOCC3)c[nH]c2c1. The third-order valence-electron chi connectivity index (χ3n) is 5.24. The molecule has 0 radical (unpaired) electrons. The summed E-state index contributed by atoms with van der Waals surface area (Å²) in [6.45, 7) is 3.48. The maximum atomic E-state index is 5.60. The molecule has 2 aromatic carbocycles. The van der Waals surface area contributed by atoms with E-state index in [1.165, 1.54) is 32.9 Å². The number of aromatic amines is 2. The van der Waals surface area contributed by atoms with Crippen LogP contribution in [0.1, 0.15) is 17.2 Å². The Kier molecular flexibility index (Phi) is 3.58. The largest absolute Gasteiger partial charge is 0.379 e. The molecule has 1 fully saturated rings. The van der Waals surface area contributed by atoms with Crippen LogP contribution >= 0.6 is 0 Å². The van der Waals surface area contributed by atoms with Gasteiger partial charge < -0.3 is 14.7 Å². The van der Waals surface area contributed by atoms with Crippen molar-refractivity contribution in [2.24, 2.45) is 0 Å². The number of hydrogen-bond donors (Lipinski definition) is 2. The maximum absolute atomic E-state index is 5.60. The molecule has 1 aliphatic heterocycles.